The Kier molecular flexibility index (Phi) is 9.05. The lowest BCUT2D eigenvalue weighted by atomic mass is 10.6. The van der Waals surface area contributed by atoms with Crippen molar-refractivity contribution >= 4 is 15.2 Å². The van der Waals surface area contributed by atoms with Crippen molar-refractivity contribution in [1.29, 1.82) is 0 Å². The smallest absolute Gasteiger partial charge is 0.366 e. The van der Waals surface area contributed by atoms with Crippen molar-refractivity contribution in [2.75, 3.05) is 26.4 Å². The monoisotopic (exact) mass is 602 g/mol. The Bertz CT molecular complexity index is 916. The van der Waals surface area contributed by atoms with Crippen LogP contribution in [0.5, 0.6) is 0 Å². The van der Waals surface area contributed by atoms with Crippen LogP contribution in [0, 0.1) is 0 Å². The van der Waals surface area contributed by atoms with E-state index in [0.717, 1.165) is 0 Å². The van der Waals surface area contributed by atoms with Gasteiger partial charge in [0, 0.05) is 12.4 Å². The second-order valence-corrected chi connectivity index (χ2v) is 10.9. The molecule has 0 atom stereocenters. The van der Waals surface area contributed by atoms with Gasteiger partial charge < -0.3 is 9.67 Å². The van der Waals surface area contributed by atoms with Gasteiger partial charge in [0.1, 0.15) is 0 Å². The summed E-state index contributed by atoms with van der Waals surface area (Å²) in [5.74, 6) is 0. The first kappa shape index (κ1) is 29.2. The van der Waals surface area contributed by atoms with Gasteiger partial charge in [0.2, 0.25) is 0 Å². The van der Waals surface area contributed by atoms with Gasteiger partial charge in [-0.15, -0.1) is 0 Å². The van der Waals surface area contributed by atoms with Gasteiger partial charge in [-0.3, -0.25) is 27.2 Å². The van der Waals surface area contributed by atoms with E-state index in [1.165, 1.54) is 0 Å². The fourth-order valence-corrected chi connectivity index (χ4v) is 6.34. The highest BCUT2D eigenvalue weighted by Gasteiger charge is 2.67. The topological polar surface area (TPSA) is 109 Å². The molecule has 0 radical (unpaired) electrons. The maximum absolute atomic E-state index is 13.3. The fourth-order valence-electron chi connectivity index (χ4n) is 1.84. The Labute approximate surface area is 195 Å². The van der Waals surface area contributed by atoms with E-state index >= 15 is 0 Å². The van der Waals surface area contributed by atoms with Crippen LogP contribution in [0.4, 0.5) is 52.7 Å². The summed E-state index contributed by atoms with van der Waals surface area (Å²) in [5.41, 5.74) is 0. The second kappa shape index (κ2) is 11.2. The van der Waals surface area contributed by atoms with Crippen molar-refractivity contribution in [2.24, 2.45) is 0 Å². The van der Waals surface area contributed by atoms with Gasteiger partial charge in [-0.25, -0.2) is 4.98 Å². The van der Waals surface area contributed by atoms with Gasteiger partial charge in [-0.2, -0.15) is 52.7 Å². The summed E-state index contributed by atoms with van der Waals surface area (Å²) >= 11 is 0. The summed E-state index contributed by atoms with van der Waals surface area (Å²) in [7, 11) is -14.5. The highest BCUT2D eigenvalue weighted by molar-refractivity contribution is 7.73. The minimum absolute atomic E-state index is 0.195. The number of hydrogen-bond acceptors (Lipinski definition) is 8. The normalized spacial score (nSPS) is 16.1. The largest absolute Gasteiger partial charge is 0.412 e. The van der Waals surface area contributed by atoms with Gasteiger partial charge in [0.15, 0.2) is 26.4 Å². The Morgan fingerprint density at radius 3 is 1.25 bits per heavy atom. The third-order valence-electron chi connectivity index (χ3n) is 3.14. The quantitative estimate of drug-likeness (QED) is 0.256. The number of alkyl halides is 12. The molecule has 23 heteroatoms. The van der Waals surface area contributed by atoms with E-state index in [-0.39, 0.29) is 10.9 Å². The van der Waals surface area contributed by atoms with E-state index in [2.05, 4.69) is 23.1 Å². The predicted octanol–water partition coefficient (Wildman–Crippen LogP) is 5.23. The standard InChI is InChI=1S/C13H14F12N2O7P2/c14-9(15,16)4-31-35(29,32-5-10(17,18)19)13(28,3-27-2-1-26-8-27)36(30,33-6-11(20,21)22)34-7-12(23,24)25/h1-2,8,28H,3-7H2/i3D2. The Morgan fingerprint density at radius 1 is 0.722 bits per heavy atom. The zero-order valence-corrected chi connectivity index (χ0v) is 18.6. The molecule has 1 aromatic rings. The number of rotatable bonds is 12. The summed E-state index contributed by atoms with van der Waals surface area (Å²) in [6.07, 6.45) is -21.7. The molecule has 0 fully saturated rings. The lowest BCUT2D eigenvalue weighted by Gasteiger charge is -2.39. The maximum Gasteiger partial charge on any atom is 0.412 e. The number of hydrogen-bond donors (Lipinski definition) is 1. The van der Waals surface area contributed by atoms with Crippen LogP contribution >= 0.6 is 15.2 Å². The summed E-state index contributed by atoms with van der Waals surface area (Å²) in [6.45, 7) is -16.6. The molecule has 0 spiro atoms. The van der Waals surface area contributed by atoms with Crippen LogP contribution < -0.4 is 0 Å². The third-order valence-corrected chi connectivity index (χ3v) is 8.21. The zero-order chi connectivity index (χ0) is 30.1. The molecule has 0 saturated heterocycles. The zero-order valence-electron chi connectivity index (χ0n) is 18.8. The van der Waals surface area contributed by atoms with Crippen molar-refractivity contribution in [3.63, 3.8) is 0 Å². The van der Waals surface area contributed by atoms with E-state index in [1.807, 2.05) is 0 Å². The van der Waals surface area contributed by atoms with E-state index < -0.39 is 77.9 Å². The van der Waals surface area contributed by atoms with Crippen molar-refractivity contribution in [1.82, 2.24) is 9.55 Å². The molecule has 36 heavy (non-hydrogen) atoms. The van der Waals surface area contributed by atoms with E-state index in [1.54, 1.807) is 0 Å². The lowest BCUT2D eigenvalue weighted by Crippen LogP contribution is -2.40. The van der Waals surface area contributed by atoms with Gasteiger partial charge in [0.05, 0.1) is 15.6 Å². The van der Waals surface area contributed by atoms with Gasteiger partial charge in [-0.1, -0.05) is 0 Å². The minimum atomic E-state index is -7.24. The fraction of sp³-hybridized carbons (Fsp3) is 0.769. The van der Waals surface area contributed by atoms with Crippen molar-refractivity contribution < 1.29 is 87.8 Å². The molecule has 1 aromatic heterocycles. The Morgan fingerprint density at radius 2 is 1.03 bits per heavy atom. The number of nitrogens with zero attached hydrogens (tertiary/aromatic N) is 2. The van der Waals surface area contributed by atoms with Crippen molar-refractivity contribution in [2.45, 2.75) is 36.3 Å². The molecule has 0 aliphatic heterocycles. The maximum atomic E-state index is 13.3. The van der Waals surface area contributed by atoms with Crippen LogP contribution in [0.15, 0.2) is 18.7 Å². The number of imidazole rings is 1. The van der Waals surface area contributed by atoms with Crippen LogP contribution in [-0.4, -0.2) is 70.9 Å². The molecular formula is C13H14F12N2O7P2. The van der Waals surface area contributed by atoms with Crippen LogP contribution in [0.2, 0.25) is 0 Å². The highest BCUT2D eigenvalue weighted by Crippen LogP contribution is 2.77. The summed E-state index contributed by atoms with van der Waals surface area (Å²) < 4.78 is 210. The first-order valence-electron chi connectivity index (χ1n) is 9.44. The molecule has 1 heterocycles. The summed E-state index contributed by atoms with van der Waals surface area (Å²) in [6, 6.07) is 0. The molecule has 0 amide bonds. The van der Waals surface area contributed by atoms with E-state index in [4.69, 9.17) is 2.74 Å². The molecule has 0 saturated carbocycles. The average Bonchev–Trinajstić information content (AvgIpc) is 3.26. The predicted molar refractivity (Wildman–Crippen MR) is 90.4 cm³/mol. The third kappa shape index (κ3) is 10.2. The van der Waals surface area contributed by atoms with Gasteiger partial charge >= 0.3 is 39.9 Å². The van der Waals surface area contributed by atoms with Crippen LogP contribution in [0.25, 0.3) is 0 Å². The number of aliphatic hydroxyl groups is 1. The Balaban J connectivity index is 4.04. The molecule has 0 unspecified atom stereocenters. The first-order valence-corrected chi connectivity index (χ1v) is 11.5. The van der Waals surface area contributed by atoms with Gasteiger partial charge in [0.25, 0.3) is 5.08 Å². The van der Waals surface area contributed by atoms with Crippen LogP contribution in [-0.2, 0) is 33.7 Å². The van der Waals surface area contributed by atoms with Crippen molar-refractivity contribution in [3.05, 3.63) is 18.7 Å². The molecular weight excluding hydrogens is 586 g/mol. The number of halogens is 12. The molecule has 0 aromatic carbocycles. The summed E-state index contributed by atoms with van der Waals surface area (Å²) in [5, 5.41) is 5.60. The molecule has 1 rings (SSSR count). The van der Waals surface area contributed by atoms with E-state index in [9.17, 15) is 66.9 Å². The van der Waals surface area contributed by atoms with Crippen LogP contribution in [0.1, 0.15) is 2.74 Å². The van der Waals surface area contributed by atoms with Crippen molar-refractivity contribution in [3.8, 4) is 0 Å². The molecule has 0 bridgehead atoms. The first-order chi connectivity index (χ1) is 16.7. The Hall–Kier alpha value is -1.37. The highest BCUT2D eigenvalue weighted by atomic mass is 31.2. The van der Waals surface area contributed by atoms with Crippen LogP contribution in [0.3, 0.4) is 0 Å². The number of aromatic nitrogens is 2. The SMILES string of the molecule is [2H]C([2H])(n1ccnc1)C(O)(P(=O)(OCC(F)(F)F)OCC(F)(F)F)P(=O)(OCC(F)(F)F)OCC(F)(F)F. The lowest BCUT2D eigenvalue weighted by molar-refractivity contribution is -0.171. The second-order valence-electron chi connectivity index (χ2n) is 6.27. The van der Waals surface area contributed by atoms with Gasteiger partial charge in [-0.05, 0) is 0 Å². The minimum Gasteiger partial charge on any atom is -0.366 e. The van der Waals surface area contributed by atoms with E-state index in [0.29, 0.717) is 12.4 Å². The molecule has 0 aliphatic carbocycles. The molecule has 0 aliphatic rings. The molecule has 9 nitrogen and oxygen atoms in total. The average molecular weight is 602 g/mol. The summed E-state index contributed by atoms with van der Waals surface area (Å²) in [4.78, 5) is 3.16. The molecule has 212 valence electrons. The molecule has 1 N–H and O–H groups in total.